The van der Waals surface area contributed by atoms with Crippen LogP contribution in [0.15, 0.2) is 47.4 Å². The van der Waals surface area contributed by atoms with E-state index in [1.807, 2.05) is 30.3 Å². The van der Waals surface area contributed by atoms with Gasteiger partial charge in [-0.2, -0.15) is 0 Å². The molecule has 3 rings (SSSR count). The van der Waals surface area contributed by atoms with E-state index >= 15 is 0 Å². The molecule has 0 bridgehead atoms. The second-order valence-electron chi connectivity index (χ2n) is 4.97. The van der Waals surface area contributed by atoms with Gasteiger partial charge < -0.3 is 5.32 Å². The average Bonchev–Trinajstić information content (AvgIpc) is 2.45. The molecule has 3 nitrogen and oxygen atoms in total. The Morgan fingerprint density at radius 2 is 1.95 bits per heavy atom. The molecule has 0 amide bonds. The van der Waals surface area contributed by atoms with Gasteiger partial charge in [-0.25, -0.2) is 8.42 Å². The van der Waals surface area contributed by atoms with E-state index in [4.69, 9.17) is 11.6 Å². The summed E-state index contributed by atoms with van der Waals surface area (Å²) in [5.41, 5.74) is 1.65. The Bertz CT molecular complexity index is 792. The van der Waals surface area contributed by atoms with Crippen LogP contribution in [0.1, 0.15) is 18.0 Å². The van der Waals surface area contributed by atoms with Crippen LogP contribution in [0.25, 0.3) is 0 Å². The van der Waals surface area contributed by atoms with Crippen LogP contribution < -0.4 is 5.32 Å². The first-order chi connectivity index (χ1) is 9.97. The van der Waals surface area contributed by atoms with Gasteiger partial charge in [0.05, 0.1) is 27.4 Å². The van der Waals surface area contributed by atoms with Crippen LogP contribution in [0.4, 0.5) is 5.69 Å². The lowest BCUT2D eigenvalue weighted by molar-refractivity contribution is 0.576. The molecule has 21 heavy (non-hydrogen) atoms. The summed E-state index contributed by atoms with van der Waals surface area (Å²) < 4.78 is 25.3. The second kappa shape index (κ2) is 5.78. The molecular formula is C15H13ClINO2S. The standard InChI is InChI=1S/C15H13ClINO2S/c16-12-9-10(17)5-6-14(12)18-13-7-8-21(19,20)15-4-2-1-3-11(13)15/h1-6,9,13,18H,7-8H2. The van der Waals surface area contributed by atoms with Gasteiger partial charge in [0.25, 0.3) is 0 Å². The summed E-state index contributed by atoms with van der Waals surface area (Å²) in [5.74, 6) is 0.156. The molecule has 0 saturated carbocycles. The van der Waals surface area contributed by atoms with Gasteiger partial charge in [-0.1, -0.05) is 29.8 Å². The average molecular weight is 434 g/mol. The number of fused-ring (bicyclic) bond motifs is 1. The van der Waals surface area contributed by atoms with E-state index in [-0.39, 0.29) is 11.8 Å². The number of nitrogens with one attached hydrogen (secondary N) is 1. The van der Waals surface area contributed by atoms with E-state index in [1.165, 1.54) is 0 Å². The highest BCUT2D eigenvalue weighted by Crippen LogP contribution is 2.36. The van der Waals surface area contributed by atoms with Gasteiger partial charge in [0, 0.05) is 3.57 Å². The van der Waals surface area contributed by atoms with Gasteiger partial charge in [-0.15, -0.1) is 0 Å². The van der Waals surface area contributed by atoms with E-state index in [0.717, 1.165) is 14.8 Å². The van der Waals surface area contributed by atoms with Gasteiger partial charge in [-0.3, -0.25) is 0 Å². The fraction of sp³-hybridized carbons (Fsp3) is 0.200. The SMILES string of the molecule is O=S1(=O)CCC(Nc2ccc(I)cc2Cl)c2ccccc21. The van der Waals surface area contributed by atoms with Crippen molar-refractivity contribution >= 4 is 49.7 Å². The maximum absolute atomic E-state index is 12.1. The van der Waals surface area contributed by atoms with E-state index in [2.05, 4.69) is 27.9 Å². The maximum atomic E-state index is 12.1. The van der Waals surface area contributed by atoms with Gasteiger partial charge in [0.1, 0.15) is 0 Å². The largest absolute Gasteiger partial charge is 0.377 e. The van der Waals surface area contributed by atoms with Crippen molar-refractivity contribution in [3.63, 3.8) is 0 Å². The Morgan fingerprint density at radius 3 is 2.71 bits per heavy atom. The molecular weight excluding hydrogens is 421 g/mol. The summed E-state index contributed by atoms with van der Waals surface area (Å²) in [6.07, 6.45) is 0.543. The molecule has 0 radical (unpaired) electrons. The molecule has 0 spiro atoms. The predicted octanol–water partition coefficient (Wildman–Crippen LogP) is 4.28. The van der Waals surface area contributed by atoms with Crippen LogP contribution in [0.3, 0.4) is 0 Å². The number of hydrogen-bond donors (Lipinski definition) is 1. The van der Waals surface area contributed by atoms with Crippen molar-refractivity contribution in [1.82, 2.24) is 0 Å². The summed E-state index contributed by atoms with van der Waals surface area (Å²) in [5, 5.41) is 4.02. The van der Waals surface area contributed by atoms with E-state index in [0.29, 0.717) is 16.3 Å². The summed E-state index contributed by atoms with van der Waals surface area (Å²) in [7, 11) is -3.16. The molecule has 110 valence electrons. The lowest BCUT2D eigenvalue weighted by Crippen LogP contribution is -2.24. The lowest BCUT2D eigenvalue weighted by atomic mass is 10.0. The normalized spacial score (nSPS) is 19.8. The van der Waals surface area contributed by atoms with Crippen molar-refractivity contribution < 1.29 is 8.42 Å². The quantitative estimate of drug-likeness (QED) is 0.719. The zero-order valence-electron chi connectivity index (χ0n) is 11.0. The van der Waals surface area contributed by atoms with Crippen molar-refractivity contribution in [3.8, 4) is 0 Å². The molecule has 0 aromatic heterocycles. The fourth-order valence-corrected chi connectivity index (χ4v) is 5.07. The predicted molar refractivity (Wildman–Crippen MR) is 93.6 cm³/mol. The molecule has 1 aliphatic rings. The number of hydrogen-bond acceptors (Lipinski definition) is 3. The van der Waals surface area contributed by atoms with Crippen LogP contribution >= 0.6 is 34.2 Å². The first kappa shape index (κ1) is 15.1. The minimum atomic E-state index is -3.16. The molecule has 1 heterocycles. The van der Waals surface area contributed by atoms with E-state index in [1.54, 1.807) is 12.1 Å². The fourth-order valence-electron chi connectivity index (χ4n) is 2.53. The monoisotopic (exact) mass is 433 g/mol. The van der Waals surface area contributed by atoms with Gasteiger partial charge >= 0.3 is 0 Å². The third-order valence-electron chi connectivity index (χ3n) is 3.57. The van der Waals surface area contributed by atoms with Crippen LogP contribution in [0.5, 0.6) is 0 Å². The van der Waals surface area contributed by atoms with Crippen LogP contribution in [-0.4, -0.2) is 14.2 Å². The highest BCUT2D eigenvalue weighted by atomic mass is 127. The number of anilines is 1. The minimum absolute atomic E-state index is 0.0395. The molecule has 1 atom stereocenters. The number of rotatable bonds is 2. The number of sulfone groups is 1. The highest BCUT2D eigenvalue weighted by Gasteiger charge is 2.30. The molecule has 0 aliphatic carbocycles. The summed E-state index contributed by atoms with van der Waals surface area (Å²) >= 11 is 8.45. The summed E-state index contributed by atoms with van der Waals surface area (Å²) in [6, 6.07) is 12.9. The summed E-state index contributed by atoms with van der Waals surface area (Å²) in [6.45, 7) is 0. The zero-order valence-corrected chi connectivity index (χ0v) is 14.7. The Balaban J connectivity index is 1.97. The Morgan fingerprint density at radius 1 is 1.19 bits per heavy atom. The Hall–Kier alpha value is -0.790. The molecule has 6 heteroatoms. The van der Waals surface area contributed by atoms with Crippen molar-refractivity contribution in [2.45, 2.75) is 17.4 Å². The number of benzene rings is 2. The second-order valence-corrected chi connectivity index (χ2v) is 8.70. The third-order valence-corrected chi connectivity index (χ3v) is 6.36. The lowest BCUT2D eigenvalue weighted by Gasteiger charge is -2.27. The molecule has 1 N–H and O–H groups in total. The number of halogens is 2. The zero-order chi connectivity index (χ0) is 15.0. The van der Waals surface area contributed by atoms with Crippen LogP contribution in [-0.2, 0) is 9.84 Å². The van der Waals surface area contributed by atoms with E-state index in [9.17, 15) is 8.42 Å². The first-order valence-corrected chi connectivity index (χ1v) is 9.61. The molecule has 1 unspecified atom stereocenters. The molecule has 1 aliphatic heterocycles. The third kappa shape index (κ3) is 3.05. The molecule has 0 saturated heterocycles. The smallest absolute Gasteiger partial charge is 0.178 e. The Kier molecular flexibility index (Phi) is 4.16. The highest BCUT2D eigenvalue weighted by molar-refractivity contribution is 14.1. The molecule has 2 aromatic rings. The van der Waals surface area contributed by atoms with Crippen molar-refractivity contribution in [1.29, 1.82) is 0 Å². The summed E-state index contributed by atoms with van der Waals surface area (Å²) in [4.78, 5) is 0.426. The van der Waals surface area contributed by atoms with Crippen molar-refractivity contribution in [2.24, 2.45) is 0 Å². The molecule has 2 aromatic carbocycles. The minimum Gasteiger partial charge on any atom is -0.377 e. The van der Waals surface area contributed by atoms with Gasteiger partial charge in [0.2, 0.25) is 0 Å². The van der Waals surface area contributed by atoms with Gasteiger partial charge in [0.15, 0.2) is 9.84 Å². The van der Waals surface area contributed by atoms with Crippen molar-refractivity contribution in [3.05, 3.63) is 56.6 Å². The Labute approximate surface area is 142 Å². The first-order valence-electron chi connectivity index (χ1n) is 6.51. The van der Waals surface area contributed by atoms with Crippen LogP contribution in [0.2, 0.25) is 5.02 Å². The van der Waals surface area contributed by atoms with Gasteiger partial charge in [-0.05, 0) is 58.8 Å². The topological polar surface area (TPSA) is 46.2 Å². The molecule has 0 fully saturated rings. The van der Waals surface area contributed by atoms with E-state index < -0.39 is 9.84 Å². The van der Waals surface area contributed by atoms with Crippen molar-refractivity contribution in [2.75, 3.05) is 11.1 Å². The van der Waals surface area contributed by atoms with Crippen LogP contribution in [0, 0.1) is 3.57 Å². The maximum Gasteiger partial charge on any atom is 0.178 e.